The number of pyridine rings is 1. The minimum Gasteiger partial charge on any atom is -0.355 e. The van der Waals surface area contributed by atoms with E-state index in [1.54, 1.807) is 18.0 Å². The fraction of sp³-hybridized carbons (Fsp3) is 0.158. The number of nitrogens with one attached hydrogen (secondary N) is 1. The Morgan fingerprint density at radius 1 is 1.00 bits per heavy atom. The first-order chi connectivity index (χ1) is 11.3. The Balaban J connectivity index is 1.46. The van der Waals surface area contributed by atoms with E-state index in [2.05, 4.69) is 40.6 Å². The van der Waals surface area contributed by atoms with Gasteiger partial charge in [0.1, 0.15) is 0 Å². The van der Waals surface area contributed by atoms with Gasteiger partial charge in [-0.3, -0.25) is 9.78 Å². The lowest BCUT2D eigenvalue weighted by atomic mass is 10.1. The second-order valence-corrected chi connectivity index (χ2v) is 6.27. The first-order valence-electron chi connectivity index (χ1n) is 7.59. The van der Waals surface area contributed by atoms with Gasteiger partial charge >= 0.3 is 0 Å². The summed E-state index contributed by atoms with van der Waals surface area (Å²) < 4.78 is 0. The van der Waals surface area contributed by atoms with Crippen molar-refractivity contribution in [1.82, 2.24) is 10.3 Å². The molecule has 1 heterocycles. The van der Waals surface area contributed by atoms with Crippen LogP contribution in [0.3, 0.4) is 0 Å². The van der Waals surface area contributed by atoms with Crippen molar-refractivity contribution in [2.24, 2.45) is 0 Å². The summed E-state index contributed by atoms with van der Waals surface area (Å²) in [4.78, 5) is 17.3. The Hall–Kier alpha value is -2.33. The average molecular weight is 322 g/mol. The Kier molecular flexibility index (Phi) is 5.27. The summed E-state index contributed by atoms with van der Waals surface area (Å²) in [6, 6.07) is 20.3. The highest BCUT2D eigenvalue weighted by molar-refractivity contribution is 8.00. The molecule has 0 aliphatic carbocycles. The summed E-state index contributed by atoms with van der Waals surface area (Å²) in [7, 11) is 0. The van der Waals surface area contributed by atoms with Gasteiger partial charge in [0.2, 0.25) is 5.91 Å². The number of rotatable bonds is 6. The molecule has 2 aromatic carbocycles. The Labute approximate surface area is 140 Å². The predicted octanol–water partition coefficient (Wildman–Crippen LogP) is 3.69. The molecule has 0 atom stereocenters. The molecule has 0 radical (unpaired) electrons. The Morgan fingerprint density at radius 3 is 2.65 bits per heavy atom. The summed E-state index contributed by atoms with van der Waals surface area (Å²) in [6.07, 6.45) is 2.53. The van der Waals surface area contributed by atoms with Crippen LogP contribution in [0.4, 0.5) is 0 Å². The number of amides is 1. The SMILES string of the molecule is O=C(CSc1ccc2ccccc2c1)NCCc1ccccn1. The summed E-state index contributed by atoms with van der Waals surface area (Å²) in [6.45, 7) is 0.619. The predicted molar refractivity (Wildman–Crippen MR) is 95.6 cm³/mol. The maximum absolute atomic E-state index is 11.9. The van der Waals surface area contributed by atoms with Crippen LogP contribution in [0.1, 0.15) is 5.69 Å². The second kappa shape index (κ2) is 7.79. The van der Waals surface area contributed by atoms with Gasteiger partial charge in [-0.2, -0.15) is 0 Å². The molecule has 0 saturated carbocycles. The number of benzene rings is 2. The number of aromatic nitrogens is 1. The van der Waals surface area contributed by atoms with Gasteiger partial charge in [-0.1, -0.05) is 36.4 Å². The zero-order valence-electron chi connectivity index (χ0n) is 12.7. The van der Waals surface area contributed by atoms with Crippen molar-refractivity contribution in [2.45, 2.75) is 11.3 Å². The third-order valence-electron chi connectivity index (χ3n) is 3.52. The van der Waals surface area contributed by atoms with E-state index >= 15 is 0 Å². The van der Waals surface area contributed by atoms with Crippen LogP contribution in [-0.2, 0) is 11.2 Å². The molecule has 0 unspecified atom stereocenters. The van der Waals surface area contributed by atoms with E-state index in [9.17, 15) is 4.79 Å². The first-order valence-corrected chi connectivity index (χ1v) is 8.58. The molecule has 0 aliphatic rings. The number of carbonyl (C=O) groups excluding carboxylic acids is 1. The molecule has 3 aromatic rings. The number of hydrogen-bond donors (Lipinski definition) is 1. The number of nitrogens with zero attached hydrogens (tertiary/aromatic N) is 1. The topological polar surface area (TPSA) is 42.0 Å². The van der Waals surface area contributed by atoms with E-state index in [-0.39, 0.29) is 5.91 Å². The zero-order chi connectivity index (χ0) is 15.9. The van der Waals surface area contributed by atoms with Gasteiger partial charge in [0.15, 0.2) is 0 Å². The average Bonchev–Trinajstić information content (AvgIpc) is 2.61. The molecule has 0 bridgehead atoms. The lowest BCUT2D eigenvalue weighted by Gasteiger charge is -2.06. The summed E-state index contributed by atoms with van der Waals surface area (Å²) in [5, 5.41) is 5.36. The van der Waals surface area contributed by atoms with Crippen LogP contribution >= 0.6 is 11.8 Å². The van der Waals surface area contributed by atoms with E-state index < -0.39 is 0 Å². The molecule has 0 fully saturated rings. The van der Waals surface area contributed by atoms with Crippen LogP contribution in [0.15, 0.2) is 71.8 Å². The highest BCUT2D eigenvalue weighted by Gasteiger charge is 2.03. The fourth-order valence-corrected chi connectivity index (χ4v) is 3.11. The number of hydrogen-bond acceptors (Lipinski definition) is 3. The summed E-state index contributed by atoms with van der Waals surface area (Å²) in [5.41, 5.74) is 0.995. The van der Waals surface area contributed by atoms with Crippen LogP contribution < -0.4 is 5.32 Å². The van der Waals surface area contributed by atoms with Crippen molar-refractivity contribution in [3.8, 4) is 0 Å². The van der Waals surface area contributed by atoms with Crippen LogP contribution in [-0.4, -0.2) is 23.2 Å². The third-order valence-corrected chi connectivity index (χ3v) is 4.51. The van der Waals surface area contributed by atoms with Gasteiger partial charge in [0.05, 0.1) is 5.75 Å². The second-order valence-electron chi connectivity index (χ2n) is 5.22. The number of carbonyl (C=O) groups is 1. The van der Waals surface area contributed by atoms with E-state index in [1.807, 2.05) is 30.3 Å². The molecular formula is C19H18N2OS. The van der Waals surface area contributed by atoms with Gasteiger partial charge in [0.25, 0.3) is 0 Å². The van der Waals surface area contributed by atoms with Crippen LogP contribution in [0.5, 0.6) is 0 Å². The van der Waals surface area contributed by atoms with Gasteiger partial charge in [-0.25, -0.2) is 0 Å². The summed E-state index contributed by atoms with van der Waals surface area (Å²) in [5.74, 6) is 0.486. The van der Waals surface area contributed by atoms with Gasteiger partial charge in [0, 0.05) is 29.8 Å². The molecule has 1 amide bonds. The van der Waals surface area contributed by atoms with Crippen molar-refractivity contribution in [3.05, 3.63) is 72.6 Å². The van der Waals surface area contributed by atoms with Crippen LogP contribution in [0, 0.1) is 0 Å². The lowest BCUT2D eigenvalue weighted by Crippen LogP contribution is -2.27. The molecule has 4 heteroatoms. The highest BCUT2D eigenvalue weighted by atomic mass is 32.2. The van der Waals surface area contributed by atoms with Crippen LogP contribution in [0.25, 0.3) is 10.8 Å². The quantitative estimate of drug-likeness (QED) is 0.704. The molecule has 116 valence electrons. The minimum atomic E-state index is 0.0547. The highest BCUT2D eigenvalue weighted by Crippen LogP contribution is 2.23. The standard InChI is InChI=1S/C19H18N2OS/c22-19(21-12-10-17-7-3-4-11-20-17)14-23-18-9-8-15-5-1-2-6-16(15)13-18/h1-9,11,13H,10,12,14H2,(H,21,22). The van der Waals surface area contributed by atoms with E-state index in [0.717, 1.165) is 17.0 Å². The zero-order valence-corrected chi connectivity index (χ0v) is 13.6. The van der Waals surface area contributed by atoms with Gasteiger partial charge in [-0.15, -0.1) is 11.8 Å². The molecule has 3 nitrogen and oxygen atoms in total. The summed E-state index contributed by atoms with van der Waals surface area (Å²) >= 11 is 1.56. The smallest absolute Gasteiger partial charge is 0.230 e. The molecule has 23 heavy (non-hydrogen) atoms. The van der Waals surface area contributed by atoms with Crippen molar-refractivity contribution in [3.63, 3.8) is 0 Å². The van der Waals surface area contributed by atoms with Crippen molar-refractivity contribution < 1.29 is 4.79 Å². The Morgan fingerprint density at radius 2 is 1.83 bits per heavy atom. The van der Waals surface area contributed by atoms with Crippen molar-refractivity contribution in [1.29, 1.82) is 0 Å². The fourth-order valence-electron chi connectivity index (χ4n) is 2.33. The Bertz CT molecular complexity index is 789. The number of thioether (sulfide) groups is 1. The molecule has 0 spiro atoms. The molecule has 1 N–H and O–H groups in total. The van der Waals surface area contributed by atoms with E-state index in [4.69, 9.17) is 0 Å². The largest absolute Gasteiger partial charge is 0.355 e. The third kappa shape index (κ3) is 4.57. The first kappa shape index (κ1) is 15.6. The van der Waals surface area contributed by atoms with E-state index in [0.29, 0.717) is 12.3 Å². The lowest BCUT2D eigenvalue weighted by molar-refractivity contribution is -0.118. The number of fused-ring (bicyclic) bond motifs is 1. The van der Waals surface area contributed by atoms with Gasteiger partial charge in [-0.05, 0) is 35.0 Å². The van der Waals surface area contributed by atoms with Crippen LogP contribution in [0.2, 0.25) is 0 Å². The van der Waals surface area contributed by atoms with Gasteiger partial charge < -0.3 is 5.32 Å². The van der Waals surface area contributed by atoms with E-state index in [1.165, 1.54) is 10.8 Å². The maximum Gasteiger partial charge on any atom is 0.230 e. The molecular weight excluding hydrogens is 304 g/mol. The normalized spacial score (nSPS) is 10.6. The monoisotopic (exact) mass is 322 g/mol. The minimum absolute atomic E-state index is 0.0547. The molecule has 3 rings (SSSR count). The van der Waals surface area contributed by atoms with Crippen molar-refractivity contribution >= 4 is 28.4 Å². The molecule has 1 aromatic heterocycles. The van der Waals surface area contributed by atoms with Crippen molar-refractivity contribution in [2.75, 3.05) is 12.3 Å². The molecule has 0 aliphatic heterocycles. The maximum atomic E-state index is 11.9. The molecule has 0 saturated heterocycles.